The number of likely N-dealkylation sites (N-methyl/N-ethyl adjacent to an activating group) is 1. The van der Waals surface area contributed by atoms with Gasteiger partial charge in [-0.3, -0.25) is 9.69 Å². The number of rotatable bonds is 7. The van der Waals surface area contributed by atoms with Crippen LogP contribution in [0.2, 0.25) is 0 Å². The van der Waals surface area contributed by atoms with Gasteiger partial charge in [-0.15, -0.1) is 11.3 Å². The molecule has 0 aliphatic heterocycles. The van der Waals surface area contributed by atoms with Crippen LogP contribution in [0.4, 0.5) is 5.69 Å². The van der Waals surface area contributed by atoms with E-state index in [1.165, 1.54) is 26.2 Å². The first-order valence-corrected chi connectivity index (χ1v) is 10.9. The molecule has 1 aromatic heterocycles. The van der Waals surface area contributed by atoms with Crippen molar-refractivity contribution in [1.29, 1.82) is 0 Å². The third-order valence-corrected chi connectivity index (χ3v) is 6.92. The van der Waals surface area contributed by atoms with Crippen LogP contribution in [0.25, 0.3) is 10.2 Å². The number of sulfonamides is 1. The van der Waals surface area contributed by atoms with E-state index >= 15 is 0 Å². The molecule has 0 unspecified atom stereocenters. The Hall–Kier alpha value is -2.33. The van der Waals surface area contributed by atoms with Crippen molar-refractivity contribution in [2.24, 2.45) is 0 Å². The summed E-state index contributed by atoms with van der Waals surface area (Å²) in [5.74, 6) is -0.174. The summed E-state index contributed by atoms with van der Waals surface area (Å²) in [5.41, 5.74) is 1.52. The fourth-order valence-corrected chi connectivity index (χ4v) is 4.59. The number of nitrogens with zero attached hydrogens (tertiary/aromatic N) is 3. The summed E-state index contributed by atoms with van der Waals surface area (Å²) in [6.07, 6.45) is 0. The lowest BCUT2D eigenvalue weighted by Gasteiger charge is -2.15. The van der Waals surface area contributed by atoms with E-state index in [1.54, 1.807) is 23.5 Å². The van der Waals surface area contributed by atoms with Crippen LogP contribution in [0, 0.1) is 0 Å². The van der Waals surface area contributed by atoms with Crippen LogP contribution in [0.5, 0.6) is 0 Å². The Morgan fingerprint density at radius 1 is 1.07 bits per heavy atom. The maximum Gasteiger partial charge on any atom is 0.242 e. The van der Waals surface area contributed by atoms with Crippen LogP contribution in [0.15, 0.2) is 53.4 Å². The number of aromatic nitrogens is 1. The van der Waals surface area contributed by atoms with Crippen molar-refractivity contribution >= 4 is 43.2 Å². The van der Waals surface area contributed by atoms with E-state index in [0.29, 0.717) is 12.2 Å². The minimum Gasteiger partial charge on any atom is -0.325 e. The first-order valence-electron chi connectivity index (χ1n) is 8.61. The number of benzene rings is 2. The fraction of sp³-hybridized carbons (Fsp3) is 0.263. The molecule has 9 heteroatoms. The van der Waals surface area contributed by atoms with Gasteiger partial charge in [0.15, 0.2) is 0 Å². The van der Waals surface area contributed by atoms with Crippen molar-refractivity contribution < 1.29 is 13.2 Å². The zero-order valence-electron chi connectivity index (χ0n) is 15.9. The third-order valence-electron chi connectivity index (χ3n) is 4.07. The summed E-state index contributed by atoms with van der Waals surface area (Å²) in [6, 6.07) is 14.1. The van der Waals surface area contributed by atoms with Crippen molar-refractivity contribution in [3.05, 3.63) is 53.5 Å². The molecule has 0 atom stereocenters. The highest BCUT2D eigenvalue weighted by atomic mass is 32.2. The van der Waals surface area contributed by atoms with Gasteiger partial charge in [-0.1, -0.05) is 12.1 Å². The van der Waals surface area contributed by atoms with E-state index in [9.17, 15) is 13.2 Å². The number of nitrogens with one attached hydrogen (secondary N) is 1. The maximum atomic E-state index is 12.3. The molecular weight excluding hydrogens is 396 g/mol. The van der Waals surface area contributed by atoms with Gasteiger partial charge in [0.05, 0.1) is 28.2 Å². The number of amides is 1. The van der Waals surface area contributed by atoms with Crippen LogP contribution in [-0.4, -0.2) is 56.2 Å². The van der Waals surface area contributed by atoms with E-state index in [0.717, 1.165) is 19.5 Å². The lowest BCUT2D eigenvalue weighted by atomic mass is 10.3. The van der Waals surface area contributed by atoms with Gasteiger partial charge in [-0.25, -0.2) is 17.7 Å². The number of hydrogen-bond acceptors (Lipinski definition) is 6. The molecule has 0 fully saturated rings. The van der Waals surface area contributed by atoms with Gasteiger partial charge in [0, 0.05) is 19.8 Å². The molecule has 1 amide bonds. The summed E-state index contributed by atoms with van der Waals surface area (Å²) < 4.78 is 26.4. The first-order chi connectivity index (χ1) is 13.3. The predicted molar refractivity (Wildman–Crippen MR) is 112 cm³/mol. The molecule has 1 N–H and O–H groups in total. The van der Waals surface area contributed by atoms with Crippen molar-refractivity contribution in [3.63, 3.8) is 0 Å². The molecule has 2 aromatic carbocycles. The van der Waals surface area contributed by atoms with Crippen molar-refractivity contribution in [1.82, 2.24) is 14.2 Å². The zero-order valence-corrected chi connectivity index (χ0v) is 17.5. The lowest BCUT2D eigenvalue weighted by Crippen LogP contribution is -2.29. The standard InChI is InChI=1S/C19H22N4O3S2/c1-22(2)28(25,26)15-10-8-14(9-11-15)20-18(24)12-23(3)13-19-21-16-6-4-5-7-17(16)27-19/h4-11H,12-13H2,1-3H3,(H,20,24). The number of para-hydroxylation sites is 1. The van der Waals surface area contributed by atoms with Crippen LogP contribution in [-0.2, 0) is 21.4 Å². The third kappa shape index (κ3) is 4.74. The van der Waals surface area contributed by atoms with Gasteiger partial charge in [-0.05, 0) is 43.4 Å². The minimum absolute atomic E-state index is 0.174. The first kappa shape index (κ1) is 20.4. The molecule has 0 spiro atoms. The Labute approximate surface area is 168 Å². The Morgan fingerprint density at radius 2 is 1.75 bits per heavy atom. The Bertz CT molecular complexity index is 1040. The monoisotopic (exact) mass is 418 g/mol. The van der Waals surface area contributed by atoms with Gasteiger partial charge < -0.3 is 5.32 Å². The molecule has 0 aliphatic rings. The van der Waals surface area contributed by atoms with Crippen LogP contribution < -0.4 is 5.32 Å². The van der Waals surface area contributed by atoms with E-state index in [1.807, 2.05) is 36.2 Å². The smallest absolute Gasteiger partial charge is 0.242 e. The number of thiazole rings is 1. The number of fused-ring (bicyclic) bond motifs is 1. The van der Waals surface area contributed by atoms with Crippen molar-refractivity contribution in [2.45, 2.75) is 11.4 Å². The Balaban J connectivity index is 1.57. The normalized spacial score (nSPS) is 12.0. The molecule has 0 aliphatic carbocycles. The second-order valence-corrected chi connectivity index (χ2v) is 9.87. The summed E-state index contributed by atoms with van der Waals surface area (Å²) in [6.45, 7) is 0.778. The predicted octanol–water partition coefficient (Wildman–Crippen LogP) is 2.62. The zero-order chi connectivity index (χ0) is 20.3. The molecule has 1 heterocycles. The average molecular weight is 419 g/mol. The van der Waals surface area contributed by atoms with E-state index < -0.39 is 10.0 Å². The molecule has 28 heavy (non-hydrogen) atoms. The average Bonchev–Trinajstić information content (AvgIpc) is 3.03. The number of hydrogen-bond donors (Lipinski definition) is 1. The van der Waals surface area contributed by atoms with Gasteiger partial charge >= 0.3 is 0 Å². The Morgan fingerprint density at radius 3 is 2.39 bits per heavy atom. The fourth-order valence-electron chi connectivity index (χ4n) is 2.64. The lowest BCUT2D eigenvalue weighted by molar-refractivity contribution is -0.117. The second-order valence-electron chi connectivity index (χ2n) is 6.61. The van der Waals surface area contributed by atoms with E-state index in [4.69, 9.17) is 0 Å². The molecule has 0 bridgehead atoms. The summed E-state index contributed by atoms with van der Waals surface area (Å²) in [7, 11) is 1.34. The molecule has 3 rings (SSSR count). The highest BCUT2D eigenvalue weighted by Crippen LogP contribution is 2.22. The van der Waals surface area contributed by atoms with Gasteiger partial charge in [0.2, 0.25) is 15.9 Å². The molecule has 7 nitrogen and oxygen atoms in total. The molecule has 0 radical (unpaired) electrons. The SMILES string of the molecule is CN(CC(=O)Nc1ccc(S(=O)(=O)N(C)C)cc1)Cc1nc2ccccc2s1. The maximum absolute atomic E-state index is 12.3. The topological polar surface area (TPSA) is 82.6 Å². The number of anilines is 1. The molecular formula is C19H22N4O3S2. The summed E-state index contributed by atoms with van der Waals surface area (Å²) >= 11 is 1.62. The highest BCUT2D eigenvalue weighted by Gasteiger charge is 2.17. The van der Waals surface area contributed by atoms with Crippen LogP contribution in [0.3, 0.4) is 0 Å². The molecule has 0 saturated heterocycles. The second kappa shape index (κ2) is 8.36. The van der Waals surface area contributed by atoms with Crippen molar-refractivity contribution in [2.75, 3.05) is 33.0 Å². The van der Waals surface area contributed by atoms with Crippen molar-refractivity contribution in [3.8, 4) is 0 Å². The number of carbonyl (C=O) groups excluding carboxylic acids is 1. The van der Waals surface area contributed by atoms with E-state index in [-0.39, 0.29) is 17.3 Å². The number of carbonyl (C=O) groups is 1. The Kier molecular flexibility index (Phi) is 6.09. The summed E-state index contributed by atoms with van der Waals surface area (Å²) in [5, 5.41) is 3.74. The summed E-state index contributed by atoms with van der Waals surface area (Å²) in [4.78, 5) is 18.9. The van der Waals surface area contributed by atoms with Gasteiger partial charge in [0.1, 0.15) is 5.01 Å². The van der Waals surface area contributed by atoms with Crippen LogP contribution >= 0.6 is 11.3 Å². The molecule has 3 aromatic rings. The van der Waals surface area contributed by atoms with Gasteiger partial charge in [0.25, 0.3) is 0 Å². The van der Waals surface area contributed by atoms with Crippen LogP contribution in [0.1, 0.15) is 5.01 Å². The largest absolute Gasteiger partial charge is 0.325 e. The molecule has 0 saturated carbocycles. The molecule has 148 valence electrons. The van der Waals surface area contributed by atoms with E-state index in [2.05, 4.69) is 10.3 Å². The highest BCUT2D eigenvalue weighted by molar-refractivity contribution is 7.89. The quantitative estimate of drug-likeness (QED) is 0.638. The minimum atomic E-state index is -3.48. The van der Waals surface area contributed by atoms with Gasteiger partial charge in [-0.2, -0.15) is 0 Å².